The second kappa shape index (κ2) is 14.0. The summed E-state index contributed by atoms with van der Waals surface area (Å²) in [7, 11) is 1.59. The van der Waals surface area contributed by atoms with Crippen molar-refractivity contribution in [2.24, 2.45) is 4.99 Å². The van der Waals surface area contributed by atoms with Crippen LogP contribution in [0.3, 0.4) is 0 Å². The number of nitrogens with zero attached hydrogens (tertiary/aromatic N) is 4. The van der Waals surface area contributed by atoms with Crippen LogP contribution < -0.4 is 24.4 Å². The maximum absolute atomic E-state index is 14.3. The Balaban J connectivity index is 1.49. The smallest absolute Gasteiger partial charge is 0.338 e. The molecule has 0 radical (unpaired) electrons. The summed E-state index contributed by atoms with van der Waals surface area (Å²) >= 11 is 1.28. The number of methoxy groups -OCH3 is 1. The first-order chi connectivity index (χ1) is 22.9. The molecule has 10 heteroatoms. The number of aromatic nitrogens is 3. The lowest BCUT2D eigenvalue weighted by molar-refractivity contribution is -0.139. The van der Waals surface area contributed by atoms with Gasteiger partial charge in [-0.25, -0.2) is 14.5 Å². The summed E-state index contributed by atoms with van der Waals surface area (Å²) in [6, 6.07) is 24.3. The van der Waals surface area contributed by atoms with Crippen molar-refractivity contribution >= 4 is 23.4 Å². The lowest BCUT2D eigenvalue weighted by Gasteiger charge is -2.24. The third-order valence-electron chi connectivity index (χ3n) is 7.89. The van der Waals surface area contributed by atoms with Crippen molar-refractivity contribution in [3.63, 3.8) is 0 Å². The lowest BCUT2D eigenvalue weighted by atomic mass is 9.96. The van der Waals surface area contributed by atoms with Crippen LogP contribution in [0.1, 0.15) is 50.8 Å². The molecular weight excluding hydrogens is 612 g/mol. The second-order valence-electron chi connectivity index (χ2n) is 11.0. The molecule has 2 aromatic heterocycles. The summed E-state index contributed by atoms with van der Waals surface area (Å²) in [6.45, 7) is 6.53. The Morgan fingerprint density at radius 1 is 0.979 bits per heavy atom. The van der Waals surface area contributed by atoms with E-state index in [4.69, 9.17) is 24.3 Å². The minimum absolute atomic E-state index is 0.204. The van der Waals surface area contributed by atoms with Crippen LogP contribution in [0.25, 0.3) is 23.0 Å². The van der Waals surface area contributed by atoms with Gasteiger partial charge < -0.3 is 14.2 Å². The average molecular weight is 649 g/mol. The summed E-state index contributed by atoms with van der Waals surface area (Å²) in [6.07, 6.45) is 5.83. The van der Waals surface area contributed by atoms with Gasteiger partial charge in [0.05, 0.1) is 47.9 Å². The number of hydrogen-bond acceptors (Lipinski definition) is 8. The Morgan fingerprint density at radius 3 is 2.38 bits per heavy atom. The van der Waals surface area contributed by atoms with Gasteiger partial charge in [0.2, 0.25) is 0 Å². The number of fused-ring (bicyclic) bond motifs is 1. The number of hydrogen-bond donors (Lipinski definition) is 0. The molecule has 0 fully saturated rings. The third-order valence-corrected chi connectivity index (χ3v) is 8.88. The molecule has 240 valence electrons. The third kappa shape index (κ3) is 6.55. The first kappa shape index (κ1) is 31.7. The van der Waals surface area contributed by atoms with Crippen LogP contribution in [0, 0.1) is 0 Å². The summed E-state index contributed by atoms with van der Waals surface area (Å²) < 4.78 is 20.5. The number of thiazole rings is 1. The van der Waals surface area contributed by atoms with E-state index in [1.165, 1.54) is 11.3 Å². The van der Waals surface area contributed by atoms with Crippen LogP contribution in [0.15, 0.2) is 106 Å². The zero-order chi connectivity index (χ0) is 32.9. The molecule has 5 aromatic rings. The molecule has 0 bridgehead atoms. The average Bonchev–Trinajstić information content (AvgIpc) is 3.65. The Bertz CT molecular complexity index is 2090. The summed E-state index contributed by atoms with van der Waals surface area (Å²) in [5, 5.41) is 4.95. The molecule has 3 heterocycles. The molecule has 0 amide bonds. The van der Waals surface area contributed by atoms with Crippen LogP contribution in [0.4, 0.5) is 0 Å². The van der Waals surface area contributed by atoms with Crippen molar-refractivity contribution in [1.29, 1.82) is 0 Å². The van der Waals surface area contributed by atoms with Crippen LogP contribution in [0.5, 0.6) is 11.5 Å². The molecule has 0 spiro atoms. The van der Waals surface area contributed by atoms with Gasteiger partial charge in [-0.2, -0.15) is 5.10 Å². The number of allylic oxidation sites excluding steroid dienone is 1. The van der Waals surface area contributed by atoms with Gasteiger partial charge in [0.15, 0.2) is 4.80 Å². The molecule has 9 nitrogen and oxygen atoms in total. The Labute approximate surface area is 276 Å². The van der Waals surface area contributed by atoms with Gasteiger partial charge in [-0.15, -0.1) is 0 Å². The maximum Gasteiger partial charge on any atom is 0.338 e. The zero-order valence-corrected chi connectivity index (χ0v) is 27.6. The van der Waals surface area contributed by atoms with Crippen LogP contribution >= 0.6 is 11.3 Å². The number of carbonyl (C=O) groups is 1. The number of esters is 1. The molecular formula is C37H36N4O5S. The van der Waals surface area contributed by atoms with E-state index in [0.717, 1.165) is 46.7 Å². The number of para-hydroxylation sites is 1. The molecule has 1 aliphatic rings. The molecule has 0 saturated carbocycles. The van der Waals surface area contributed by atoms with Gasteiger partial charge in [0.25, 0.3) is 5.56 Å². The van der Waals surface area contributed by atoms with Crippen molar-refractivity contribution in [2.75, 3.05) is 20.3 Å². The standard InChI is InChI=1S/C37H36N4O5S/c1-5-7-21-46-30-19-13-25(14-20-30)33-27(23-40(39-33)28-11-9-8-10-12-28)22-31-35(42)41-34(26-15-17-29(44-4)18-16-26)32(36(43)45-6-2)24(3)38-37(41)47-31/h8-20,22-23,34H,5-7,21H2,1-4H3. The fourth-order valence-corrected chi connectivity index (χ4v) is 6.55. The lowest BCUT2D eigenvalue weighted by Crippen LogP contribution is -2.39. The Kier molecular flexibility index (Phi) is 9.49. The molecule has 1 aliphatic heterocycles. The highest BCUT2D eigenvalue weighted by Crippen LogP contribution is 2.32. The van der Waals surface area contributed by atoms with Crippen molar-refractivity contribution < 1.29 is 19.0 Å². The van der Waals surface area contributed by atoms with Gasteiger partial charge in [0, 0.05) is 17.3 Å². The van der Waals surface area contributed by atoms with Gasteiger partial charge in [0.1, 0.15) is 17.2 Å². The topological polar surface area (TPSA) is 96.9 Å². The SMILES string of the molecule is CCCCOc1ccc(-c2nn(-c3ccccc3)cc2C=c2sc3n(c2=O)C(c2ccc(OC)cc2)C(C(=O)OCC)=C(C)N=3)cc1. The van der Waals surface area contributed by atoms with E-state index < -0.39 is 12.0 Å². The fourth-order valence-electron chi connectivity index (χ4n) is 5.51. The first-order valence-corrected chi connectivity index (χ1v) is 16.5. The highest BCUT2D eigenvalue weighted by atomic mass is 32.1. The van der Waals surface area contributed by atoms with Crippen LogP contribution in [0.2, 0.25) is 0 Å². The molecule has 0 saturated heterocycles. The second-order valence-corrected chi connectivity index (χ2v) is 12.0. The van der Waals surface area contributed by atoms with Crippen molar-refractivity contribution in [2.45, 2.75) is 39.7 Å². The van der Waals surface area contributed by atoms with Gasteiger partial charge in [-0.05, 0) is 80.4 Å². The van der Waals surface area contributed by atoms with E-state index >= 15 is 0 Å². The fraction of sp³-hybridized carbons (Fsp3) is 0.243. The van der Waals surface area contributed by atoms with E-state index in [1.807, 2.05) is 95.8 Å². The number of rotatable bonds is 11. The zero-order valence-electron chi connectivity index (χ0n) is 26.8. The van der Waals surface area contributed by atoms with Crippen molar-refractivity contribution in [3.8, 4) is 28.4 Å². The van der Waals surface area contributed by atoms with E-state index in [-0.39, 0.29) is 12.2 Å². The Hall–Kier alpha value is -5.22. The van der Waals surface area contributed by atoms with E-state index in [9.17, 15) is 9.59 Å². The number of carbonyl (C=O) groups excluding carboxylic acids is 1. The highest BCUT2D eigenvalue weighted by Gasteiger charge is 2.33. The summed E-state index contributed by atoms with van der Waals surface area (Å²) in [4.78, 5) is 32.8. The largest absolute Gasteiger partial charge is 0.497 e. The quantitative estimate of drug-likeness (QED) is 0.132. The first-order valence-electron chi connectivity index (χ1n) is 15.6. The molecule has 47 heavy (non-hydrogen) atoms. The molecule has 6 rings (SSSR count). The van der Waals surface area contributed by atoms with Crippen LogP contribution in [-0.2, 0) is 9.53 Å². The normalized spacial score (nSPS) is 14.5. The van der Waals surface area contributed by atoms with E-state index in [0.29, 0.717) is 33.0 Å². The van der Waals surface area contributed by atoms with Gasteiger partial charge >= 0.3 is 5.97 Å². The summed E-state index contributed by atoms with van der Waals surface area (Å²) in [5.74, 6) is 0.964. The minimum Gasteiger partial charge on any atom is -0.497 e. The molecule has 1 unspecified atom stereocenters. The van der Waals surface area contributed by atoms with E-state index in [1.54, 1.807) is 25.5 Å². The van der Waals surface area contributed by atoms with Gasteiger partial charge in [-0.3, -0.25) is 9.36 Å². The van der Waals surface area contributed by atoms with Gasteiger partial charge in [-0.1, -0.05) is 55.0 Å². The van der Waals surface area contributed by atoms with Crippen molar-refractivity contribution in [1.82, 2.24) is 14.3 Å². The summed E-state index contributed by atoms with van der Waals surface area (Å²) in [5.41, 5.74) is 4.58. The molecule has 3 aromatic carbocycles. The predicted molar refractivity (Wildman–Crippen MR) is 183 cm³/mol. The molecule has 0 N–H and O–H groups in total. The minimum atomic E-state index is -0.717. The predicted octanol–water partition coefficient (Wildman–Crippen LogP) is 5.84. The van der Waals surface area contributed by atoms with E-state index in [2.05, 4.69) is 6.92 Å². The number of unbranched alkanes of at least 4 members (excludes halogenated alkanes) is 1. The monoisotopic (exact) mass is 648 g/mol. The number of ether oxygens (including phenoxy) is 3. The Morgan fingerprint density at radius 2 is 1.70 bits per heavy atom. The van der Waals surface area contributed by atoms with Crippen molar-refractivity contribution in [3.05, 3.63) is 127 Å². The molecule has 1 atom stereocenters. The number of benzene rings is 3. The maximum atomic E-state index is 14.3. The molecule has 0 aliphatic carbocycles. The highest BCUT2D eigenvalue weighted by molar-refractivity contribution is 7.07. The van der Waals surface area contributed by atoms with Crippen LogP contribution in [-0.4, -0.2) is 40.6 Å².